The van der Waals surface area contributed by atoms with Crippen LogP contribution < -0.4 is 15.5 Å². The molecular weight excluding hydrogens is 293 g/mol. The predicted octanol–water partition coefficient (Wildman–Crippen LogP) is 0.473. The second-order valence-corrected chi connectivity index (χ2v) is 5.09. The van der Waals surface area contributed by atoms with Gasteiger partial charge in [0.25, 0.3) is 5.91 Å². The Hall–Kier alpha value is -2.19. The lowest BCUT2D eigenvalue weighted by molar-refractivity contribution is -0.125. The molecule has 0 aromatic heterocycles. The summed E-state index contributed by atoms with van der Waals surface area (Å²) in [6.45, 7) is 1.16. The fourth-order valence-electron chi connectivity index (χ4n) is 2.51. The molecule has 1 aromatic rings. The number of nitrogens with two attached hydrogens (primary N) is 1. The van der Waals surface area contributed by atoms with E-state index in [2.05, 4.69) is 0 Å². The third kappa shape index (κ3) is 2.62. The van der Waals surface area contributed by atoms with E-state index in [9.17, 15) is 14.0 Å². The summed E-state index contributed by atoms with van der Waals surface area (Å²) in [5.74, 6) is -0.811. The lowest BCUT2D eigenvalue weighted by Crippen LogP contribution is -2.41. The molecule has 0 saturated carbocycles. The van der Waals surface area contributed by atoms with Crippen LogP contribution in [0.2, 0.25) is 0 Å². The number of cyclic esters (lactones) is 1. The van der Waals surface area contributed by atoms with Gasteiger partial charge in [0, 0.05) is 18.8 Å². The molecule has 0 aliphatic carbocycles. The van der Waals surface area contributed by atoms with Gasteiger partial charge in [-0.25, -0.2) is 9.18 Å². The lowest BCUT2D eigenvalue weighted by atomic mass is 10.2. The van der Waals surface area contributed by atoms with Crippen LogP contribution in [0.5, 0.6) is 0 Å². The maximum absolute atomic E-state index is 14.3. The Labute approximate surface area is 126 Å². The van der Waals surface area contributed by atoms with Crippen molar-refractivity contribution < 1.29 is 23.5 Å². The Morgan fingerprint density at radius 3 is 2.77 bits per heavy atom. The van der Waals surface area contributed by atoms with Crippen molar-refractivity contribution in [3.05, 3.63) is 24.0 Å². The van der Waals surface area contributed by atoms with E-state index in [0.717, 1.165) is 0 Å². The highest BCUT2D eigenvalue weighted by molar-refractivity contribution is 5.95. The molecule has 2 aliphatic rings. The number of anilines is 2. The molecule has 3 rings (SSSR count). The van der Waals surface area contributed by atoms with Crippen LogP contribution >= 0.6 is 0 Å². The third-order valence-electron chi connectivity index (χ3n) is 3.66. The van der Waals surface area contributed by atoms with E-state index >= 15 is 0 Å². The molecule has 8 heteroatoms. The van der Waals surface area contributed by atoms with Gasteiger partial charge in [0.1, 0.15) is 18.5 Å². The van der Waals surface area contributed by atoms with Gasteiger partial charge in [0.05, 0.1) is 18.8 Å². The van der Waals surface area contributed by atoms with Crippen molar-refractivity contribution >= 4 is 23.4 Å². The Kier molecular flexibility index (Phi) is 3.95. The monoisotopic (exact) mass is 309 g/mol. The summed E-state index contributed by atoms with van der Waals surface area (Å²) in [4.78, 5) is 26.2. The summed E-state index contributed by atoms with van der Waals surface area (Å²) in [5, 5.41) is 0. The van der Waals surface area contributed by atoms with E-state index in [0.29, 0.717) is 18.8 Å². The van der Waals surface area contributed by atoms with Crippen LogP contribution in [0, 0.1) is 5.82 Å². The molecule has 0 unspecified atom stereocenters. The van der Waals surface area contributed by atoms with Gasteiger partial charge < -0.3 is 20.1 Å². The number of carbonyl (C=O) groups excluding carboxylic acids is 2. The van der Waals surface area contributed by atoms with Gasteiger partial charge in [-0.3, -0.25) is 9.69 Å². The highest BCUT2D eigenvalue weighted by atomic mass is 19.1. The van der Waals surface area contributed by atoms with Crippen LogP contribution in [-0.2, 0) is 14.3 Å². The molecule has 7 nitrogen and oxygen atoms in total. The molecule has 1 aromatic carbocycles. The Balaban J connectivity index is 1.83. The number of rotatable bonds is 3. The highest BCUT2D eigenvalue weighted by Crippen LogP contribution is 2.28. The number of ether oxygens (including phenoxy) is 2. The Morgan fingerprint density at radius 2 is 2.14 bits per heavy atom. The molecule has 118 valence electrons. The third-order valence-corrected chi connectivity index (χ3v) is 3.66. The fourth-order valence-corrected chi connectivity index (χ4v) is 2.51. The van der Waals surface area contributed by atoms with Crippen LogP contribution in [0.25, 0.3) is 0 Å². The molecule has 1 atom stereocenters. The molecule has 2 aliphatic heterocycles. The van der Waals surface area contributed by atoms with Crippen molar-refractivity contribution in [2.45, 2.75) is 6.10 Å². The van der Waals surface area contributed by atoms with E-state index in [-0.39, 0.29) is 31.3 Å². The standard InChI is InChI=1S/C14H16FN3O4/c15-11-5-9(17-3-4-21-8-13(17)19)1-2-12(11)18-7-10(6-16)22-14(18)20/h1-2,5,10H,3-4,6-8,16H2/t10-/m0/s1. The normalized spacial score (nSPS) is 22.2. The summed E-state index contributed by atoms with van der Waals surface area (Å²) in [7, 11) is 0. The zero-order valence-electron chi connectivity index (χ0n) is 11.8. The summed E-state index contributed by atoms with van der Waals surface area (Å²) >= 11 is 0. The first-order valence-corrected chi connectivity index (χ1v) is 6.96. The van der Waals surface area contributed by atoms with Crippen LogP contribution in [0.15, 0.2) is 18.2 Å². The van der Waals surface area contributed by atoms with Crippen molar-refractivity contribution in [3.8, 4) is 0 Å². The minimum absolute atomic E-state index is 0.0139. The number of amides is 2. The topological polar surface area (TPSA) is 85.1 Å². The number of halogens is 1. The largest absolute Gasteiger partial charge is 0.443 e. The maximum atomic E-state index is 14.3. The maximum Gasteiger partial charge on any atom is 0.414 e. The first-order chi connectivity index (χ1) is 10.6. The molecule has 0 spiro atoms. The predicted molar refractivity (Wildman–Crippen MR) is 76.2 cm³/mol. The van der Waals surface area contributed by atoms with Crippen molar-refractivity contribution in [1.29, 1.82) is 0 Å². The van der Waals surface area contributed by atoms with Crippen LogP contribution in [0.1, 0.15) is 0 Å². The summed E-state index contributed by atoms with van der Waals surface area (Å²) in [6, 6.07) is 4.31. The Bertz CT molecular complexity index is 610. The zero-order valence-corrected chi connectivity index (χ0v) is 11.8. The van der Waals surface area contributed by atoms with Gasteiger partial charge >= 0.3 is 6.09 Å². The summed E-state index contributed by atoms with van der Waals surface area (Å²) in [6.07, 6.45) is -1.06. The van der Waals surface area contributed by atoms with E-state index in [1.807, 2.05) is 0 Å². The van der Waals surface area contributed by atoms with Gasteiger partial charge in [-0.1, -0.05) is 0 Å². The van der Waals surface area contributed by atoms with Crippen molar-refractivity contribution in [3.63, 3.8) is 0 Å². The molecular formula is C14H16FN3O4. The SMILES string of the molecule is NC[C@H]1CN(c2ccc(N3CCOCC3=O)cc2F)C(=O)O1. The average molecular weight is 309 g/mol. The highest BCUT2D eigenvalue weighted by Gasteiger charge is 2.33. The van der Waals surface area contributed by atoms with Gasteiger partial charge in [0.15, 0.2) is 0 Å². The summed E-state index contributed by atoms with van der Waals surface area (Å²) < 4.78 is 24.4. The molecule has 2 fully saturated rings. The van der Waals surface area contributed by atoms with E-state index < -0.39 is 18.0 Å². The van der Waals surface area contributed by atoms with Gasteiger partial charge in [0.2, 0.25) is 0 Å². The number of hydrogen-bond acceptors (Lipinski definition) is 5. The van der Waals surface area contributed by atoms with E-state index in [4.69, 9.17) is 15.2 Å². The van der Waals surface area contributed by atoms with Gasteiger partial charge in [-0.05, 0) is 18.2 Å². The van der Waals surface area contributed by atoms with Crippen molar-refractivity contribution in [2.24, 2.45) is 5.73 Å². The van der Waals surface area contributed by atoms with Crippen LogP contribution in [0.3, 0.4) is 0 Å². The van der Waals surface area contributed by atoms with E-state index in [1.54, 1.807) is 6.07 Å². The summed E-state index contributed by atoms with van der Waals surface area (Å²) in [5.41, 5.74) is 6.02. The van der Waals surface area contributed by atoms with Gasteiger partial charge in [-0.2, -0.15) is 0 Å². The van der Waals surface area contributed by atoms with Gasteiger partial charge in [-0.15, -0.1) is 0 Å². The average Bonchev–Trinajstić information content (AvgIpc) is 2.89. The first kappa shape index (κ1) is 14.7. The number of hydrogen-bond donors (Lipinski definition) is 1. The lowest BCUT2D eigenvalue weighted by Gasteiger charge is -2.27. The first-order valence-electron chi connectivity index (χ1n) is 6.96. The number of benzene rings is 1. The van der Waals surface area contributed by atoms with Crippen molar-refractivity contribution in [1.82, 2.24) is 0 Å². The van der Waals surface area contributed by atoms with E-state index in [1.165, 1.54) is 21.9 Å². The second kappa shape index (κ2) is 5.90. The minimum Gasteiger partial charge on any atom is -0.443 e. The smallest absolute Gasteiger partial charge is 0.414 e. The molecule has 22 heavy (non-hydrogen) atoms. The van der Waals surface area contributed by atoms with Crippen molar-refractivity contribution in [2.75, 3.05) is 42.6 Å². The van der Waals surface area contributed by atoms with Crippen LogP contribution in [-0.4, -0.2) is 51.0 Å². The number of carbonyl (C=O) groups is 2. The molecule has 0 bridgehead atoms. The minimum atomic E-state index is -0.621. The quantitative estimate of drug-likeness (QED) is 0.877. The zero-order chi connectivity index (χ0) is 15.7. The Morgan fingerprint density at radius 1 is 1.32 bits per heavy atom. The molecule has 0 radical (unpaired) electrons. The fraction of sp³-hybridized carbons (Fsp3) is 0.429. The number of nitrogens with zero attached hydrogens (tertiary/aromatic N) is 2. The second-order valence-electron chi connectivity index (χ2n) is 5.09. The molecule has 2 amide bonds. The molecule has 2 heterocycles. The molecule has 2 N–H and O–H groups in total. The van der Waals surface area contributed by atoms with Crippen LogP contribution in [0.4, 0.5) is 20.6 Å². The number of morpholine rings is 1. The molecule has 2 saturated heterocycles.